The molecule has 0 spiro atoms. The lowest BCUT2D eigenvalue weighted by molar-refractivity contribution is 0.294. The summed E-state index contributed by atoms with van der Waals surface area (Å²) in [6, 6.07) is 11.2. The number of rotatable bonds is 3. The van der Waals surface area contributed by atoms with Crippen molar-refractivity contribution < 1.29 is 4.74 Å². The van der Waals surface area contributed by atoms with Gasteiger partial charge in [0.1, 0.15) is 12.4 Å². The number of hydrogen-bond acceptors (Lipinski definition) is 4. The molecule has 3 aromatic rings. The number of fused-ring (bicyclic) bond motifs is 1. The van der Waals surface area contributed by atoms with Gasteiger partial charge >= 0.3 is 0 Å². The highest BCUT2D eigenvalue weighted by molar-refractivity contribution is 9.10. The van der Waals surface area contributed by atoms with Crippen LogP contribution in [0.25, 0.3) is 5.65 Å². The van der Waals surface area contributed by atoms with Crippen molar-refractivity contribution in [2.75, 3.05) is 5.73 Å². The monoisotopic (exact) mass is 318 g/mol. The molecule has 0 saturated heterocycles. The molecule has 2 N–H and O–H groups in total. The zero-order valence-corrected chi connectivity index (χ0v) is 11.5. The van der Waals surface area contributed by atoms with Crippen LogP contribution in [0.4, 0.5) is 5.69 Å². The second-order valence-electron chi connectivity index (χ2n) is 4.01. The van der Waals surface area contributed by atoms with Crippen molar-refractivity contribution in [2.24, 2.45) is 0 Å². The normalized spacial score (nSPS) is 10.8. The van der Waals surface area contributed by atoms with Gasteiger partial charge in [0.05, 0.1) is 4.47 Å². The average Bonchev–Trinajstić information content (AvgIpc) is 2.79. The molecule has 0 saturated carbocycles. The van der Waals surface area contributed by atoms with Gasteiger partial charge in [-0.05, 0) is 34.1 Å². The standard InChI is InChI=1S/C13H11BrN4O/c14-10-3-1-2-4-11(10)19-8-12-16-13-7-9(15)5-6-18(13)17-12/h1-7H,8,15H2. The number of aromatic nitrogens is 3. The van der Waals surface area contributed by atoms with Crippen molar-refractivity contribution in [1.29, 1.82) is 0 Å². The summed E-state index contributed by atoms with van der Waals surface area (Å²) in [5.74, 6) is 1.38. The summed E-state index contributed by atoms with van der Waals surface area (Å²) in [5.41, 5.74) is 7.08. The fraction of sp³-hybridized carbons (Fsp3) is 0.0769. The molecular formula is C13H11BrN4O. The van der Waals surface area contributed by atoms with E-state index in [9.17, 15) is 0 Å². The lowest BCUT2D eigenvalue weighted by Crippen LogP contribution is -1.98. The van der Waals surface area contributed by atoms with Crippen LogP contribution in [0, 0.1) is 0 Å². The smallest absolute Gasteiger partial charge is 0.189 e. The molecule has 0 aliphatic heterocycles. The Morgan fingerprint density at radius 1 is 1.26 bits per heavy atom. The van der Waals surface area contributed by atoms with Gasteiger partial charge in [-0.1, -0.05) is 12.1 Å². The minimum atomic E-state index is 0.310. The maximum absolute atomic E-state index is 5.70. The Morgan fingerprint density at radius 3 is 2.95 bits per heavy atom. The van der Waals surface area contributed by atoms with Crippen molar-refractivity contribution in [3.8, 4) is 5.75 Å². The van der Waals surface area contributed by atoms with Gasteiger partial charge in [-0.25, -0.2) is 9.50 Å². The van der Waals surface area contributed by atoms with Gasteiger partial charge in [-0.3, -0.25) is 0 Å². The molecule has 2 aromatic heterocycles. The number of ether oxygens (including phenoxy) is 1. The highest BCUT2D eigenvalue weighted by Gasteiger charge is 2.06. The van der Waals surface area contributed by atoms with Gasteiger partial charge in [-0.2, -0.15) is 0 Å². The van der Waals surface area contributed by atoms with Gasteiger partial charge in [0.2, 0.25) is 0 Å². The molecular weight excluding hydrogens is 308 g/mol. The van der Waals surface area contributed by atoms with Crippen molar-refractivity contribution in [3.05, 3.63) is 52.9 Å². The summed E-state index contributed by atoms with van der Waals surface area (Å²) >= 11 is 3.43. The molecule has 6 heteroatoms. The van der Waals surface area contributed by atoms with E-state index in [4.69, 9.17) is 10.5 Å². The number of nitrogens with zero attached hydrogens (tertiary/aromatic N) is 3. The van der Waals surface area contributed by atoms with E-state index in [-0.39, 0.29) is 0 Å². The summed E-state index contributed by atoms with van der Waals surface area (Å²) in [7, 11) is 0. The minimum Gasteiger partial charge on any atom is -0.484 e. The predicted molar refractivity (Wildman–Crippen MR) is 75.9 cm³/mol. The summed E-state index contributed by atoms with van der Waals surface area (Å²) in [5, 5.41) is 4.31. The third-order valence-corrected chi connectivity index (χ3v) is 3.25. The second kappa shape index (κ2) is 4.89. The summed E-state index contributed by atoms with van der Waals surface area (Å²) in [4.78, 5) is 4.35. The quantitative estimate of drug-likeness (QED) is 0.806. The van der Waals surface area contributed by atoms with Crippen LogP contribution >= 0.6 is 15.9 Å². The van der Waals surface area contributed by atoms with E-state index >= 15 is 0 Å². The number of anilines is 1. The Bertz CT molecular complexity index is 725. The number of nitrogens with two attached hydrogens (primary N) is 1. The SMILES string of the molecule is Nc1ccn2nc(COc3ccccc3Br)nc2c1. The average molecular weight is 319 g/mol. The topological polar surface area (TPSA) is 65.4 Å². The molecule has 96 valence electrons. The van der Waals surface area contributed by atoms with Crippen LogP contribution < -0.4 is 10.5 Å². The summed E-state index contributed by atoms with van der Waals surface area (Å²) in [6.07, 6.45) is 1.78. The maximum Gasteiger partial charge on any atom is 0.189 e. The Morgan fingerprint density at radius 2 is 2.11 bits per heavy atom. The molecule has 19 heavy (non-hydrogen) atoms. The first kappa shape index (κ1) is 12.0. The minimum absolute atomic E-state index is 0.310. The first-order valence-electron chi connectivity index (χ1n) is 5.70. The number of nitrogen functional groups attached to an aromatic ring is 1. The van der Waals surface area contributed by atoms with E-state index in [1.165, 1.54) is 0 Å². The zero-order valence-electron chi connectivity index (χ0n) is 9.95. The Kier molecular flexibility index (Phi) is 3.08. The molecule has 0 radical (unpaired) electrons. The van der Waals surface area contributed by atoms with E-state index in [0.717, 1.165) is 10.2 Å². The van der Waals surface area contributed by atoms with Crippen LogP contribution in [0.15, 0.2) is 47.1 Å². The van der Waals surface area contributed by atoms with E-state index < -0.39 is 0 Å². The number of pyridine rings is 1. The van der Waals surface area contributed by atoms with Crippen molar-refractivity contribution in [2.45, 2.75) is 6.61 Å². The second-order valence-corrected chi connectivity index (χ2v) is 4.86. The molecule has 0 amide bonds. The largest absolute Gasteiger partial charge is 0.484 e. The Balaban J connectivity index is 1.80. The highest BCUT2D eigenvalue weighted by Crippen LogP contribution is 2.24. The first-order chi connectivity index (χ1) is 9.22. The van der Waals surface area contributed by atoms with Crippen LogP contribution in [0.5, 0.6) is 5.75 Å². The van der Waals surface area contributed by atoms with Crippen LogP contribution in [0.2, 0.25) is 0 Å². The highest BCUT2D eigenvalue weighted by atomic mass is 79.9. The van der Waals surface area contributed by atoms with Crippen LogP contribution in [-0.4, -0.2) is 14.6 Å². The van der Waals surface area contributed by atoms with Gasteiger partial charge < -0.3 is 10.5 Å². The van der Waals surface area contributed by atoms with Gasteiger partial charge in [-0.15, -0.1) is 5.10 Å². The maximum atomic E-state index is 5.70. The van der Waals surface area contributed by atoms with Crippen LogP contribution in [0.1, 0.15) is 5.82 Å². The number of benzene rings is 1. The van der Waals surface area contributed by atoms with Crippen LogP contribution in [0.3, 0.4) is 0 Å². The molecule has 0 fully saturated rings. The van der Waals surface area contributed by atoms with Crippen molar-refractivity contribution in [3.63, 3.8) is 0 Å². The summed E-state index contributed by atoms with van der Waals surface area (Å²) in [6.45, 7) is 0.310. The van der Waals surface area contributed by atoms with E-state index in [1.807, 2.05) is 24.3 Å². The molecule has 0 atom stereocenters. The fourth-order valence-electron chi connectivity index (χ4n) is 1.71. The summed E-state index contributed by atoms with van der Waals surface area (Å²) < 4.78 is 8.25. The Labute approximate surface area is 118 Å². The molecule has 0 unspecified atom stereocenters. The third kappa shape index (κ3) is 2.53. The lowest BCUT2D eigenvalue weighted by atomic mass is 10.3. The van der Waals surface area contributed by atoms with E-state index in [0.29, 0.717) is 23.8 Å². The first-order valence-corrected chi connectivity index (χ1v) is 6.50. The van der Waals surface area contributed by atoms with Crippen molar-refractivity contribution >= 4 is 27.3 Å². The fourth-order valence-corrected chi connectivity index (χ4v) is 2.11. The van der Waals surface area contributed by atoms with E-state index in [1.54, 1.807) is 22.8 Å². The van der Waals surface area contributed by atoms with Crippen LogP contribution in [-0.2, 0) is 6.61 Å². The molecule has 5 nitrogen and oxygen atoms in total. The number of halogens is 1. The lowest BCUT2D eigenvalue weighted by Gasteiger charge is -2.04. The van der Waals surface area contributed by atoms with Crippen molar-refractivity contribution in [1.82, 2.24) is 14.6 Å². The van der Waals surface area contributed by atoms with Gasteiger partial charge in [0, 0.05) is 18.0 Å². The Hall–Kier alpha value is -2.08. The third-order valence-electron chi connectivity index (χ3n) is 2.60. The van der Waals surface area contributed by atoms with Gasteiger partial charge in [0.25, 0.3) is 0 Å². The van der Waals surface area contributed by atoms with E-state index in [2.05, 4.69) is 26.0 Å². The zero-order chi connectivity index (χ0) is 13.2. The number of para-hydroxylation sites is 1. The molecule has 0 aliphatic rings. The molecule has 2 heterocycles. The molecule has 0 aliphatic carbocycles. The molecule has 1 aromatic carbocycles. The molecule has 3 rings (SSSR count). The number of hydrogen-bond donors (Lipinski definition) is 1. The molecule has 0 bridgehead atoms. The predicted octanol–water partition coefficient (Wildman–Crippen LogP) is 2.65. The van der Waals surface area contributed by atoms with Gasteiger partial charge in [0.15, 0.2) is 11.5 Å².